The summed E-state index contributed by atoms with van der Waals surface area (Å²) in [6.07, 6.45) is 0.777. The molecule has 2 aromatic heterocycles. The molecule has 34 heavy (non-hydrogen) atoms. The highest BCUT2D eigenvalue weighted by molar-refractivity contribution is 5.99. The van der Waals surface area contributed by atoms with Gasteiger partial charge in [-0.3, -0.25) is 13.9 Å². The third-order valence-corrected chi connectivity index (χ3v) is 5.91. The van der Waals surface area contributed by atoms with Crippen LogP contribution in [0.5, 0.6) is 0 Å². The van der Waals surface area contributed by atoms with Crippen LogP contribution in [0, 0.1) is 0 Å². The predicted octanol–water partition coefficient (Wildman–Crippen LogP) is 3.25. The van der Waals surface area contributed by atoms with Crippen LogP contribution in [0.15, 0.2) is 85.2 Å². The Hall–Kier alpha value is -4.17. The lowest BCUT2D eigenvalue weighted by molar-refractivity contribution is 0.0970. The van der Waals surface area contributed by atoms with E-state index in [0.29, 0.717) is 27.8 Å². The summed E-state index contributed by atoms with van der Waals surface area (Å²) in [5.74, 6) is -1.37. The summed E-state index contributed by atoms with van der Waals surface area (Å²) in [5.41, 5.74) is 4.54. The topological polar surface area (TPSA) is 99.4 Å². The highest BCUT2D eigenvalue weighted by Crippen LogP contribution is 2.18. The molecule has 0 radical (unpaired) electrons. The van der Waals surface area contributed by atoms with Gasteiger partial charge in [-0.15, -0.1) is 0 Å². The van der Waals surface area contributed by atoms with E-state index in [-0.39, 0.29) is 12.3 Å². The smallest absolute Gasteiger partial charge is 0.408 e. The zero-order valence-electron chi connectivity index (χ0n) is 18.6. The van der Waals surface area contributed by atoms with E-state index >= 15 is 0 Å². The van der Waals surface area contributed by atoms with E-state index in [1.54, 1.807) is 25.2 Å². The Bertz CT molecular complexity index is 1600. The first-order valence-corrected chi connectivity index (χ1v) is 11.0. The summed E-state index contributed by atoms with van der Waals surface area (Å²) in [6.45, 7) is 1.39. The monoisotopic (exact) mass is 457 g/mol. The molecular weight excluding hydrogens is 434 g/mol. The molecule has 0 aliphatic carbocycles. The molecule has 0 spiro atoms. The molecule has 2 heterocycles. The van der Waals surface area contributed by atoms with Crippen LogP contribution in [0.2, 0.25) is 0 Å². The van der Waals surface area contributed by atoms with Crippen molar-refractivity contribution in [3.8, 4) is 0 Å². The van der Waals surface area contributed by atoms with Gasteiger partial charge in [0.15, 0.2) is 16.9 Å². The summed E-state index contributed by atoms with van der Waals surface area (Å²) in [4.78, 5) is 37.0. The van der Waals surface area contributed by atoms with Crippen molar-refractivity contribution in [3.05, 3.63) is 105 Å². The van der Waals surface area contributed by atoms with Gasteiger partial charge >= 0.3 is 11.5 Å². The normalized spacial score (nSPS) is 11.4. The van der Waals surface area contributed by atoms with Crippen LogP contribution in [0.1, 0.15) is 21.5 Å². The number of carbonyl (C=O) groups is 1. The van der Waals surface area contributed by atoms with E-state index < -0.39 is 11.5 Å². The van der Waals surface area contributed by atoms with Gasteiger partial charge in [0.2, 0.25) is 0 Å². The predicted molar refractivity (Wildman–Crippen MR) is 128 cm³/mol. The lowest BCUT2D eigenvalue weighted by Crippen LogP contribution is -2.20. The van der Waals surface area contributed by atoms with E-state index in [1.807, 2.05) is 30.3 Å². The molecule has 5 aromatic rings. The van der Waals surface area contributed by atoms with Gasteiger partial charge in [-0.25, -0.2) is 9.59 Å². The number of rotatable bonds is 8. The number of Topliss-reactive ketones (excluding diaryl/α,β-unsaturated/α-hetero) is 1. The maximum absolute atomic E-state index is 12.9. The molecule has 1 N–H and O–H groups in total. The number of aryl methyl sites for hydroxylation is 1. The zero-order chi connectivity index (χ0) is 23.7. The fourth-order valence-electron chi connectivity index (χ4n) is 4.02. The van der Waals surface area contributed by atoms with E-state index in [0.717, 1.165) is 25.1 Å². The second-order valence-corrected chi connectivity index (χ2v) is 8.20. The molecule has 0 unspecified atom stereocenters. The largest absolute Gasteiger partial charge is 0.420 e. The van der Waals surface area contributed by atoms with Crippen LogP contribution in [0.3, 0.4) is 0 Å². The summed E-state index contributed by atoms with van der Waals surface area (Å²) in [5, 5.41) is 3.41. The second-order valence-electron chi connectivity index (χ2n) is 8.20. The van der Waals surface area contributed by atoms with Crippen molar-refractivity contribution < 1.29 is 13.6 Å². The molecule has 0 saturated heterocycles. The van der Waals surface area contributed by atoms with Crippen LogP contribution in [0.25, 0.3) is 22.2 Å². The fourth-order valence-corrected chi connectivity index (χ4v) is 4.02. The SMILES string of the molecule is Cn1c(=O)oc2cc(C(=O)Cn3c(=O)oc4cc(CCNCc5ccccc5)ccc43)ccc21. The first kappa shape index (κ1) is 21.7. The third kappa shape index (κ3) is 4.23. The van der Waals surface area contributed by atoms with Gasteiger partial charge in [-0.1, -0.05) is 36.4 Å². The van der Waals surface area contributed by atoms with Gasteiger partial charge in [-0.2, -0.15) is 0 Å². The molecular formula is C26H23N3O5. The number of oxazole rings is 2. The summed E-state index contributed by atoms with van der Waals surface area (Å²) >= 11 is 0. The van der Waals surface area contributed by atoms with Crippen LogP contribution in [-0.4, -0.2) is 21.5 Å². The highest BCUT2D eigenvalue weighted by Gasteiger charge is 2.16. The lowest BCUT2D eigenvalue weighted by Gasteiger charge is -2.06. The van der Waals surface area contributed by atoms with Gasteiger partial charge in [0, 0.05) is 19.2 Å². The van der Waals surface area contributed by atoms with Crippen LogP contribution in [-0.2, 0) is 26.6 Å². The Morgan fingerprint density at radius 3 is 2.41 bits per heavy atom. The Morgan fingerprint density at radius 2 is 1.59 bits per heavy atom. The maximum Gasteiger partial charge on any atom is 0.420 e. The molecule has 8 nitrogen and oxygen atoms in total. The molecule has 5 rings (SSSR count). The van der Waals surface area contributed by atoms with E-state index in [2.05, 4.69) is 17.4 Å². The number of nitrogens with one attached hydrogen (secondary N) is 1. The number of aromatic nitrogens is 2. The summed E-state index contributed by atoms with van der Waals surface area (Å²) in [7, 11) is 1.60. The van der Waals surface area contributed by atoms with E-state index in [1.165, 1.54) is 20.8 Å². The van der Waals surface area contributed by atoms with E-state index in [4.69, 9.17) is 8.83 Å². The first-order valence-electron chi connectivity index (χ1n) is 11.0. The average molecular weight is 457 g/mol. The van der Waals surface area contributed by atoms with Crippen LogP contribution < -0.4 is 16.8 Å². The molecule has 172 valence electrons. The van der Waals surface area contributed by atoms with Crippen molar-refractivity contribution in [2.24, 2.45) is 7.05 Å². The number of hydrogen-bond acceptors (Lipinski definition) is 6. The van der Waals surface area contributed by atoms with Crippen molar-refractivity contribution >= 4 is 28.0 Å². The van der Waals surface area contributed by atoms with Crippen molar-refractivity contribution in [2.45, 2.75) is 19.5 Å². The number of ketones is 1. The number of fused-ring (bicyclic) bond motifs is 2. The van der Waals surface area contributed by atoms with Gasteiger partial charge in [0.05, 0.1) is 17.6 Å². The van der Waals surface area contributed by atoms with Gasteiger partial charge in [0.1, 0.15) is 0 Å². The molecule has 0 aliphatic rings. The minimum Gasteiger partial charge on any atom is -0.408 e. The Morgan fingerprint density at radius 1 is 0.853 bits per heavy atom. The molecule has 0 saturated carbocycles. The zero-order valence-corrected chi connectivity index (χ0v) is 18.6. The molecule has 0 atom stereocenters. The van der Waals surface area contributed by atoms with Crippen LogP contribution >= 0.6 is 0 Å². The molecule has 0 amide bonds. The Labute approximate surface area is 194 Å². The molecule has 3 aromatic carbocycles. The summed E-state index contributed by atoms with van der Waals surface area (Å²) < 4.78 is 13.3. The van der Waals surface area contributed by atoms with Crippen molar-refractivity contribution in [2.75, 3.05) is 6.54 Å². The minimum absolute atomic E-state index is 0.174. The van der Waals surface area contributed by atoms with Crippen molar-refractivity contribution in [3.63, 3.8) is 0 Å². The standard InChI is InChI=1S/C26H23N3O5/c1-28-20-10-8-19(14-24(20)33-25(28)31)22(30)16-29-21-9-7-17(13-23(21)34-26(29)32)11-12-27-15-18-5-3-2-4-6-18/h2-10,13-14,27H,11-12,15-16H2,1H3. The van der Waals surface area contributed by atoms with Crippen LogP contribution in [0.4, 0.5) is 0 Å². The average Bonchev–Trinajstić information content (AvgIpc) is 3.31. The van der Waals surface area contributed by atoms with Crippen molar-refractivity contribution in [1.29, 1.82) is 0 Å². The number of hydrogen-bond donors (Lipinski definition) is 1. The number of benzene rings is 3. The Balaban J connectivity index is 1.29. The quantitative estimate of drug-likeness (QED) is 0.284. The maximum atomic E-state index is 12.9. The first-order chi connectivity index (χ1) is 16.5. The third-order valence-electron chi connectivity index (χ3n) is 5.91. The molecule has 0 bridgehead atoms. The molecule has 0 aliphatic heterocycles. The van der Waals surface area contributed by atoms with Gasteiger partial charge in [-0.05, 0) is 54.4 Å². The lowest BCUT2D eigenvalue weighted by atomic mass is 10.1. The minimum atomic E-state index is -0.588. The van der Waals surface area contributed by atoms with Gasteiger partial charge in [0.25, 0.3) is 0 Å². The molecule has 0 fully saturated rings. The highest BCUT2D eigenvalue weighted by atomic mass is 16.4. The summed E-state index contributed by atoms with van der Waals surface area (Å²) in [6, 6.07) is 20.5. The molecule has 8 heteroatoms. The van der Waals surface area contributed by atoms with Gasteiger partial charge < -0.3 is 14.2 Å². The second kappa shape index (κ2) is 8.99. The van der Waals surface area contributed by atoms with E-state index in [9.17, 15) is 14.4 Å². The number of nitrogens with zero attached hydrogens (tertiary/aromatic N) is 2. The number of carbonyl (C=O) groups excluding carboxylic acids is 1. The van der Waals surface area contributed by atoms with Crippen molar-refractivity contribution in [1.82, 2.24) is 14.5 Å². The fraction of sp³-hybridized carbons (Fsp3) is 0.192. The Kier molecular flexibility index (Phi) is 5.73.